The highest BCUT2D eigenvalue weighted by atomic mass is 79.9. The summed E-state index contributed by atoms with van der Waals surface area (Å²) in [4.78, 5) is 17.7. The van der Waals surface area contributed by atoms with Crippen LogP contribution in [0.4, 0.5) is 5.69 Å². The molecule has 1 amide bonds. The molecule has 5 nitrogen and oxygen atoms in total. The first-order valence-electron chi connectivity index (χ1n) is 9.43. The predicted molar refractivity (Wildman–Crippen MR) is 132 cm³/mol. The quantitative estimate of drug-likeness (QED) is 0.408. The molecule has 2 aromatic carbocycles. The Hall–Kier alpha value is -2.48. The molecule has 8 heteroatoms. The summed E-state index contributed by atoms with van der Waals surface area (Å²) >= 11 is 10.8. The third-order valence-corrected chi connectivity index (χ3v) is 6.53. The van der Waals surface area contributed by atoms with Gasteiger partial charge in [-0.2, -0.15) is 0 Å². The van der Waals surface area contributed by atoms with E-state index in [1.54, 1.807) is 25.3 Å². The summed E-state index contributed by atoms with van der Waals surface area (Å²) in [6.45, 7) is 4.10. The number of nitrogens with zero attached hydrogens (tertiary/aromatic N) is 2. The molecule has 0 radical (unpaired) electrons. The fourth-order valence-electron chi connectivity index (χ4n) is 3.40. The van der Waals surface area contributed by atoms with Crippen LogP contribution in [0.25, 0.3) is 11.8 Å². The van der Waals surface area contributed by atoms with Crippen LogP contribution in [-0.4, -0.2) is 22.8 Å². The van der Waals surface area contributed by atoms with Gasteiger partial charge in [-0.15, -0.1) is 0 Å². The zero-order valence-electron chi connectivity index (χ0n) is 17.1. The highest BCUT2D eigenvalue weighted by molar-refractivity contribution is 9.10. The molecule has 0 saturated carbocycles. The highest BCUT2D eigenvalue weighted by Crippen LogP contribution is 2.34. The summed E-state index contributed by atoms with van der Waals surface area (Å²) in [5.74, 6) is 0.403. The summed E-state index contributed by atoms with van der Waals surface area (Å²) < 4.78 is 8.53. The van der Waals surface area contributed by atoms with Gasteiger partial charge < -0.3 is 14.6 Å². The van der Waals surface area contributed by atoms with Gasteiger partial charge in [0.05, 0.1) is 12.0 Å². The largest absolute Gasteiger partial charge is 0.494 e. The van der Waals surface area contributed by atoms with Gasteiger partial charge in [0.1, 0.15) is 11.4 Å². The number of hydrogen-bond acceptors (Lipinski definition) is 4. The van der Waals surface area contributed by atoms with Crippen molar-refractivity contribution in [3.8, 4) is 11.4 Å². The number of carbonyl (C=O) groups excluding carboxylic acids is 1. The van der Waals surface area contributed by atoms with Crippen molar-refractivity contribution in [1.82, 2.24) is 9.88 Å². The van der Waals surface area contributed by atoms with Crippen LogP contribution < -0.4 is 10.1 Å². The van der Waals surface area contributed by atoms with Gasteiger partial charge in [0.25, 0.3) is 5.91 Å². The molecule has 1 aliphatic heterocycles. The minimum atomic E-state index is -0.182. The van der Waals surface area contributed by atoms with Crippen molar-refractivity contribution >= 4 is 62.1 Å². The number of aromatic nitrogens is 1. The molecule has 31 heavy (non-hydrogen) atoms. The topological polar surface area (TPSA) is 55.6 Å². The van der Waals surface area contributed by atoms with E-state index in [4.69, 9.17) is 16.3 Å². The number of ether oxygens (including phenoxy) is 1. The van der Waals surface area contributed by atoms with E-state index in [2.05, 4.69) is 55.9 Å². The Morgan fingerprint density at radius 1 is 1.16 bits per heavy atom. The molecule has 1 N–H and O–H groups in total. The van der Waals surface area contributed by atoms with E-state index in [0.717, 1.165) is 27.1 Å². The zero-order valence-corrected chi connectivity index (χ0v) is 20.2. The van der Waals surface area contributed by atoms with Crippen molar-refractivity contribution in [1.29, 1.82) is 0 Å². The fourth-order valence-corrected chi connectivity index (χ4v) is 4.66. The van der Waals surface area contributed by atoms with Crippen LogP contribution in [0.1, 0.15) is 17.0 Å². The molecule has 1 saturated heterocycles. The number of aryl methyl sites for hydroxylation is 1. The summed E-state index contributed by atoms with van der Waals surface area (Å²) in [7, 11) is 1.57. The molecule has 1 fully saturated rings. The van der Waals surface area contributed by atoms with Gasteiger partial charge in [-0.05, 0) is 85.8 Å². The molecule has 1 aliphatic rings. The number of carbonyl (C=O) groups is 1. The first-order valence-corrected chi connectivity index (χ1v) is 11.4. The van der Waals surface area contributed by atoms with Crippen LogP contribution in [-0.2, 0) is 4.79 Å². The minimum absolute atomic E-state index is 0.182. The Bertz CT molecular complexity index is 1230. The lowest BCUT2D eigenvalue weighted by molar-refractivity contribution is -0.115. The lowest BCUT2D eigenvalue weighted by Gasteiger charge is -2.09. The predicted octanol–water partition coefficient (Wildman–Crippen LogP) is 6.41. The SMILES string of the molecule is COc1ccc(Cl)cc1N=C1NC(=O)/C(=C/c2cc(C)n(-c3ccc(Br)cc3)c2C)S1. The standard InChI is InChI=1S/C23H19BrClN3O2S/c1-13-10-15(14(2)28(13)18-7-4-16(24)5-8-18)11-21-22(29)27-23(31-21)26-19-12-17(25)6-9-20(19)30-3/h4-12H,1-3H3,(H,26,27,29)/b21-11-. The highest BCUT2D eigenvalue weighted by Gasteiger charge is 2.25. The van der Waals surface area contributed by atoms with Crippen LogP contribution in [0.15, 0.2) is 62.9 Å². The second-order valence-corrected chi connectivity index (χ2v) is 9.32. The molecule has 1 aromatic heterocycles. The van der Waals surface area contributed by atoms with Crippen molar-refractivity contribution in [2.75, 3.05) is 7.11 Å². The summed E-state index contributed by atoms with van der Waals surface area (Å²) in [6.07, 6.45) is 1.90. The number of amidine groups is 1. The second-order valence-electron chi connectivity index (χ2n) is 6.94. The van der Waals surface area contributed by atoms with E-state index in [9.17, 15) is 4.79 Å². The number of halogens is 2. The molecular formula is C23H19BrClN3O2S. The summed E-state index contributed by atoms with van der Waals surface area (Å²) in [5.41, 5.74) is 4.77. The van der Waals surface area contributed by atoms with Crippen molar-refractivity contribution in [3.63, 3.8) is 0 Å². The first-order chi connectivity index (χ1) is 14.9. The first kappa shape index (κ1) is 21.7. The maximum Gasteiger partial charge on any atom is 0.264 e. The average Bonchev–Trinajstić information content (AvgIpc) is 3.21. The van der Waals surface area contributed by atoms with Gasteiger partial charge in [-0.3, -0.25) is 4.79 Å². The summed E-state index contributed by atoms with van der Waals surface area (Å²) in [6, 6.07) is 15.4. The molecule has 0 unspecified atom stereocenters. The third kappa shape index (κ3) is 4.59. The van der Waals surface area contributed by atoms with Crippen molar-refractivity contribution < 1.29 is 9.53 Å². The number of amides is 1. The zero-order chi connectivity index (χ0) is 22.1. The molecule has 0 spiro atoms. The lowest BCUT2D eigenvalue weighted by atomic mass is 10.2. The van der Waals surface area contributed by atoms with Crippen molar-refractivity contribution in [2.24, 2.45) is 4.99 Å². The van der Waals surface area contributed by atoms with Crippen molar-refractivity contribution in [3.05, 3.63) is 79.9 Å². The second kappa shape index (κ2) is 8.94. The molecule has 0 aliphatic carbocycles. The molecule has 2 heterocycles. The average molecular weight is 517 g/mol. The van der Waals surface area contributed by atoms with Crippen molar-refractivity contribution in [2.45, 2.75) is 13.8 Å². The minimum Gasteiger partial charge on any atom is -0.494 e. The number of benzene rings is 2. The van der Waals surface area contributed by atoms with Crippen LogP contribution in [0.5, 0.6) is 5.75 Å². The van der Waals surface area contributed by atoms with Gasteiger partial charge in [-0.25, -0.2) is 4.99 Å². The van der Waals surface area contributed by atoms with Crippen LogP contribution in [0, 0.1) is 13.8 Å². The number of methoxy groups -OCH3 is 1. The number of hydrogen-bond donors (Lipinski definition) is 1. The van der Waals surface area contributed by atoms with E-state index in [-0.39, 0.29) is 5.91 Å². The fraction of sp³-hybridized carbons (Fsp3) is 0.130. The number of rotatable bonds is 4. The smallest absolute Gasteiger partial charge is 0.264 e. The normalized spacial score (nSPS) is 16.2. The van der Waals surface area contributed by atoms with E-state index >= 15 is 0 Å². The third-order valence-electron chi connectivity index (χ3n) is 4.86. The lowest BCUT2D eigenvalue weighted by Crippen LogP contribution is -2.19. The Labute approximate surface area is 198 Å². The number of nitrogens with one attached hydrogen (secondary N) is 1. The van der Waals surface area contributed by atoms with Gasteiger partial charge >= 0.3 is 0 Å². The Morgan fingerprint density at radius 2 is 1.90 bits per heavy atom. The van der Waals surface area contributed by atoms with E-state index < -0.39 is 0 Å². The maximum atomic E-state index is 12.6. The molecular weight excluding hydrogens is 498 g/mol. The molecule has 0 atom stereocenters. The van der Waals surface area contributed by atoms with Crippen LogP contribution in [0.3, 0.4) is 0 Å². The number of aliphatic imine (C=N–C) groups is 1. The molecule has 0 bridgehead atoms. The van der Waals surface area contributed by atoms with Crippen LogP contribution in [0.2, 0.25) is 5.02 Å². The monoisotopic (exact) mass is 515 g/mol. The van der Waals surface area contributed by atoms with E-state index in [1.807, 2.05) is 25.1 Å². The van der Waals surface area contributed by atoms with E-state index in [0.29, 0.717) is 26.5 Å². The number of thioether (sulfide) groups is 1. The van der Waals surface area contributed by atoms with E-state index in [1.165, 1.54) is 11.8 Å². The van der Waals surface area contributed by atoms with Gasteiger partial charge in [-0.1, -0.05) is 27.5 Å². The van der Waals surface area contributed by atoms with Gasteiger partial charge in [0.15, 0.2) is 5.17 Å². The van der Waals surface area contributed by atoms with Gasteiger partial charge in [0.2, 0.25) is 0 Å². The Balaban J connectivity index is 1.65. The van der Waals surface area contributed by atoms with Crippen LogP contribution >= 0.6 is 39.3 Å². The van der Waals surface area contributed by atoms with Gasteiger partial charge in [0, 0.05) is 26.6 Å². The molecule has 4 rings (SSSR count). The Morgan fingerprint density at radius 3 is 2.61 bits per heavy atom. The molecule has 3 aromatic rings. The maximum absolute atomic E-state index is 12.6. The summed E-state index contributed by atoms with van der Waals surface area (Å²) in [5, 5.41) is 3.85. The molecule has 158 valence electrons. The Kier molecular flexibility index (Phi) is 6.27.